The zero-order valence-electron chi connectivity index (χ0n) is 38.4. The number of benzene rings is 4. The summed E-state index contributed by atoms with van der Waals surface area (Å²) in [4.78, 5) is 68.4. The molecule has 0 saturated heterocycles. The van der Waals surface area contributed by atoms with Crippen LogP contribution in [0.15, 0.2) is 105 Å². The smallest absolute Gasteiger partial charge is 0.336 e. The quantitative estimate of drug-likeness (QED) is 0.0499. The topological polar surface area (TPSA) is 124 Å². The normalized spacial score (nSPS) is 13.8. The summed E-state index contributed by atoms with van der Waals surface area (Å²) in [6.07, 6.45) is 3.47. The maximum Gasteiger partial charge on any atom is 0.336 e. The highest BCUT2D eigenvalue weighted by Gasteiger charge is 2.36. The number of esters is 2. The first kappa shape index (κ1) is 48.2. The Morgan fingerprint density at radius 1 is 0.562 bits per heavy atom. The van der Waals surface area contributed by atoms with Gasteiger partial charge in [0.15, 0.2) is 11.5 Å². The molecule has 2 aliphatic rings. The fourth-order valence-electron chi connectivity index (χ4n) is 8.12. The van der Waals surface area contributed by atoms with Gasteiger partial charge in [0.1, 0.15) is 0 Å². The van der Waals surface area contributed by atoms with Crippen LogP contribution in [0, 0.1) is 0 Å². The molecule has 0 aromatic heterocycles. The van der Waals surface area contributed by atoms with Gasteiger partial charge in [-0.2, -0.15) is 0 Å². The first-order valence-electron chi connectivity index (χ1n) is 22.6. The molecule has 0 bridgehead atoms. The fraction of sp³-hybridized carbons (Fsp3) is 0.400. The molecule has 0 aliphatic carbocycles. The summed E-state index contributed by atoms with van der Waals surface area (Å²) in [5.74, 6) is -2.29. The van der Waals surface area contributed by atoms with Gasteiger partial charge in [-0.1, -0.05) is 89.3 Å². The Labute approximate surface area is 387 Å². The van der Waals surface area contributed by atoms with Crippen molar-refractivity contribution < 1.29 is 28.7 Å². The molecule has 0 unspecified atom stereocenters. The van der Waals surface area contributed by atoms with Crippen molar-refractivity contribution in [2.75, 3.05) is 62.2 Å². The number of hydrogen-bond donors (Lipinski definition) is 2. The fourth-order valence-corrected chi connectivity index (χ4v) is 10.3. The minimum Gasteiger partial charge on any atom is -0.420 e. The first-order valence-corrected chi connectivity index (χ1v) is 24.2. The molecule has 4 aromatic carbocycles. The minimum absolute atomic E-state index is 0.0856. The second-order valence-electron chi connectivity index (χ2n) is 15.8. The van der Waals surface area contributed by atoms with E-state index in [0.29, 0.717) is 37.6 Å². The molecule has 12 nitrogen and oxygen atoms in total. The van der Waals surface area contributed by atoms with E-state index in [2.05, 4.69) is 83.9 Å². The number of fused-ring (bicyclic) bond motifs is 4. The molecule has 2 heterocycles. The van der Waals surface area contributed by atoms with E-state index in [1.54, 1.807) is 35.7 Å². The molecule has 4 aromatic rings. The van der Waals surface area contributed by atoms with E-state index in [4.69, 9.17) is 9.47 Å². The zero-order chi connectivity index (χ0) is 45.9. The molecule has 64 heavy (non-hydrogen) atoms. The number of anilines is 4. The van der Waals surface area contributed by atoms with Gasteiger partial charge in [0.2, 0.25) is 0 Å². The molecule has 0 radical (unpaired) electrons. The van der Waals surface area contributed by atoms with E-state index in [-0.39, 0.29) is 46.5 Å². The predicted octanol–water partition coefficient (Wildman–Crippen LogP) is 9.70. The van der Waals surface area contributed by atoms with E-state index >= 15 is 0 Å². The van der Waals surface area contributed by atoms with E-state index < -0.39 is 11.9 Å². The number of carbonyl (C=O) groups is 4. The second kappa shape index (κ2) is 22.6. The Hall–Kier alpha value is -5.28. The average molecular weight is 907 g/mol. The maximum absolute atomic E-state index is 14.0. The van der Waals surface area contributed by atoms with Crippen LogP contribution in [-0.2, 0) is 9.59 Å². The highest BCUT2D eigenvalue weighted by Crippen LogP contribution is 2.55. The summed E-state index contributed by atoms with van der Waals surface area (Å²) < 4.78 is 12.4. The molecule has 2 amide bonds. The summed E-state index contributed by atoms with van der Waals surface area (Å²) in [6, 6.07) is 23.1. The second-order valence-corrected chi connectivity index (χ2v) is 18.0. The number of hydrogen-bond acceptors (Lipinski definition) is 12. The van der Waals surface area contributed by atoms with Gasteiger partial charge >= 0.3 is 11.9 Å². The first-order chi connectivity index (χ1) is 31.0. The van der Waals surface area contributed by atoms with Crippen LogP contribution in [0.3, 0.4) is 0 Å². The number of rotatable bonds is 20. The Kier molecular flexibility index (Phi) is 17.0. The van der Waals surface area contributed by atoms with Gasteiger partial charge in [0.05, 0.1) is 33.9 Å². The molecule has 14 heteroatoms. The maximum atomic E-state index is 14.0. The van der Waals surface area contributed by atoms with Gasteiger partial charge < -0.3 is 39.7 Å². The predicted molar refractivity (Wildman–Crippen MR) is 258 cm³/mol. The monoisotopic (exact) mass is 906 g/mol. The Balaban J connectivity index is 1.38. The number of carbonyl (C=O) groups excluding carboxylic acids is 4. The third-order valence-electron chi connectivity index (χ3n) is 11.4. The number of amides is 2. The number of nitrogens with zero attached hydrogens (tertiary/aromatic N) is 4. The van der Waals surface area contributed by atoms with E-state index in [9.17, 15) is 19.2 Å². The van der Waals surface area contributed by atoms with Gasteiger partial charge in [-0.3, -0.25) is 9.59 Å². The van der Waals surface area contributed by atoms with Gasteiger partial charge in [0, 0.05) is 70.0 Å². The Morgan fingerprint density at radius 3 is 1.30 bits per heavy atom. The van der Waals surface area contributed by atoms with Crippen molar-refractivity contribution in [3.8, 4) is 11.5 Å². The number of ether oxygens (including phenoxy) is 2. The van der Waals surface area contributed by atoms with Crippen LogP contribution in [0.2, 0.25) is 0 Å². The van der Waals surface area contributed by atoms with Crippen molar-refractivity contribution in [2.24, 2.45) is 0 Å². The van der Waals surface area contributed by atoms with Crippen molar-refractivity contribution in [3.63, 3.8) is 0 Å². The molecular weight excluding hydrogens is 845 g/mol. The highest BCUT2D eigenvalue weighted by molar-refractivity contribution is 8.00. The molecular formula is C50H62N6O6S2. The van der Waals surface area contributed by atoms with Crippen LogP contribution >= 0.6 is 23.5 Å². The van der Waals surface area contributed by atoms with Crippen LogP contribution in [0.4, 0.5) is 22.7 Å². The summed E-state index contributed by atoms with van der Waals surface area (Å²) in [5, 5.41) is 5.90. The van der Waals surface area contributed by atoms with Gasteiger partial charge in [-0.25, -0.2) is 9.59 Å². The Morgan fingerprint density at radius 2 is 0.938 bits per heavy atom. The standard InChI is InChI=1S/C50H62N6O6S2/c1-9-29-51-49(59)35-23-25-41-45(55(33(7)31-53(11-3)12-4)37-19-15-17-21-39(37)63-41)47(35)61-43(57)27-28-44(58)62-48-36(50(60)52-30-10-2)24-26-42-46(48)56(34(8)32-54(13-5)14-6)38-20-16-18-22-40(38)64-42/h15-28,33-34H,9-14,29-32H2,1-8H3,(H,51,59)(H,52,60)/b28-27+/t33-,34-/m0/s1. The van der Waals surface area contributed by atoms with Crippen LogP contribution in [0.5, 0.6) is 11.5 Å². The van der Waals surface area contributed by atoms with E-state index in [1.807, 2.05) is 62.4 Å². The lowest BCUT2D eigenvalue weighted by atomic mass is 10.1. The third kappa shape index (κ3) is 10.8. The molecule has 0 saturated carbocycles. The number of likely N-dealkylation sites (N-methyl/N-ethyl adjacent to an activating group) is 2. The Bertz CT molecular complexity index is 2190. The molecule has 2 atom stereocenters. The van der Waals surface area contributed by atoms with Crippen molar-refractivity contribution >= 4 is 70.0 Å². The highest BCUT2D eigenvalue weighted by atomic mass is 32.2. The number of nitrogens with one attached hydrogen (secondary N) is 2. The summed E-state index contributed by atoms with van der Waals surface area (Å²) >= 11 is 3.09. The average Bonchev–Trinajstić information content (AvgIpc) is 3.31. The van der Waals surface area contributed by atoms with Crippen molar-refractivity contribution in [2.45, 2.75) is 99.9 Å². The molecule has 0 spiro atoms. The molecule has 6 rings (SSSR count). The summed E-state index contributed by atoms with van der Waals surface area (Å²) in [7, 11) is 0. The molecule has 2 N–H and O–H groups in total. The largest absolute Gasteiger partial charge is 0.420 e. The lowest BCUT2D eigenvalue weighted by Gasteiger charge is -2.40. The molecule has 0 fully saturated rings. The molecule has 2 aliphatic heterocycles. The lowest BCUT2D eigenvalue weighted by molar-refractivity contribution is -0.131. The van der Waals surface area contributed by atoms with Crippen LogP contribution in [0.25, 0.3) is 0 Å². The van der Waals surface area contributed by atoms with Gasteiger partial charge in [0.25, 0.3) is 11.8 Å². The van der Waals surface area contributed by atoms with Gasteiger partial charge in [-0.15, -0.1) is 0 Å². The summed E-state index contributed by atoms with van der Waals surface area (Å²) in [5.41, 5.74) is 3.49. The minimum atomic E-state index is -0.870. The molecule has 340 valence electrons. The van der Waals surface area contributed by atoms with Crippen LogP contribution < -0.4 is 29.9 Å². The van der Waals surface area contributed by atoms with Crippen molar-refractivity contribution in [1.82, 2.24) is 20.4 Å². The van der Waals surface area contributed by atoms with Crippen molar-refractivity contribution in [1.29, 1.82) is 0 Å². The van der Waals surface area contributed by atoms with E-state index in [0.717, 1.165) is 82.1 Å². The van der Waals surface area contributed by atoms with Crippen LogP contribution in [0.1, 0.15) is 88.9 Å². The zero-order valence-corrected chi connectivity index (χ0v) is 40.0. The van der Waals surface area contributed by atoms with Crippen LogP contribution in [-0.4, -0.2) is 98.0 Å². The van der Waals surface area contributed by atoms with E-state index in [1.165, 1.54) is 0 Å². The SMILES string of the molecule is CCCNC(=O)c1ccc2c(c1OC(=O)/C=C/C(=O)Oc1c(C(=O)NCCC)ccc3c1N([C@@H](C)CN(CC)CC)c1ccccc1S3)N([C@@H](C)CN(CC)CC)c1ccccc1S2. The number of para-hydroxylation sites is 2. The third-order valence-corrected chi connectivity index (χ3v) is 13.6. The van der Waals surface area contributed by atoms with Gasteiger partial charge in [-0.05, 0) is 101 Å². The summed E-state index contributed by atoms with van der Waals surface area (Å²) in [6.45, 7) is 22.4. The van der Waals surface area contributed by atoms with Crippen molar-refractivity contribution in [3.05, 3.63) is 96.1 Å². The lowest BCUT2D eigenvalue weighted by Crippen LogP contribution is -2.41.